The predicted molar refractivity (Wildman–Crippen MR) is 76.8 cm³/mol. The second kappa shape index (κ2) is 7.39. The molecule has 21 heavy (non-hydrogen) atoms. The number of aliphatic hydroxyl groups excluding tert-OH is 1. The van der Waals surface area contributed by atoms with Crippen LogP contribution in [0, 0.1) is 0 Å². The van der Waals surface area contributed by atoms with Crippen molar-refractivity contribution in [3.05, 3.63) is 41.7 Å². The summed E-state index contributed by atoms with van der Waals surface area (Å²) in [5.74, 6) is -0.338. The molecule has 0 spiro atoms. The van der Waals surface area contributed by atoms with E-state index in [9.17, 15) is 4.79 Å². The van der Waals surface area contributed by atoms with Crippen LogP contribution >= 0.6 is 0 Å². The minimum absolute atomic E-state index is 0.0256. The van der Waals surface area contributed by atoms with E-state index in [0.29, 0.717) is 25.3 Å². The normalized spacial score (nSPS) is 10.4. The largest absolute Gasteiger partial charge is 0.462 e. The van der Waals surface area contributed by atoms with Gasteiger partial charge in [0.05, 0.1) is 38.1 Å². The van der Waals surface area contributed by atoms with Gasteiger partial charge in [-0.25, -0.2) is 9.48 Å². The molecule has 0 fully saturated rings. The van der Waals surface area contributed by atoms with Crippen LogP contribution in [0.15, 0.2) is 30.5 Å². The molecule has 0 radical (unpaired) electrons. The standard InChI is InChI=1S/C14H18N4O3/c1-2-21-14(20)11-4-3-5-12(8-11)15-9-13-10-18(6-7-19)17-16-13/h3-5,8,10,15,19H,2,6-7,9H2,1H3. The fourth-order valence-electron chi connectivity index (χ4n) is 1.79. The van der Waals surface area contributed by atoms with Gasteiger partial charge in [-0.3, -0.25) is 0 Å². The van der Waals surface area contributed by atoms with Crippen LogP contribution in [0.5, 0.6) is 0 Å². The van der Waals surface area contributed by atoms with E-state index in [0.717, 1.165) is 11.4 Å². The molecule has 2 N–H and O–H groups in total. The number of ether oxygens (including phenoxy) is 1. The molecule has 2 rings (SSSR count). The third-order valence-corrected chi connectivity index (χ3v) is 2.76. The summed E-state index contributed by atoms with van der Waals surface area (Å²) < 4.78 is 6.54. The summed E-state index contributed by atoms with van der Waals surface area (Å²) in [6.45, 7) is 3.06. The van der Waals surface area contributed by atoms with Gasteiger partial charge in [-0.1, -0.05) is 11.3 Å². The van der Waals surface area contributed by atoms with E-state index < -0.39 is 0 Å². The maximum Gasteiger partial charge on any atom is 0.338 e. The first kappa shape index (κ1) is 15.0. The molecule has 0 aliphatic carbocycles. The molecule has 0 amide bonds. The number of hydrogen-bond acceptors (Lipinski definition) is 6. The van der Waals surface area contributed by atoms with Crippen molar-refractivity contribution in [2.24, 2.45) is 0 Å². The van der Waals surface area contributed by atoms with Gasteiger partial charge in [0.2, 0.25) is 0 Å². The van der Waals surface area contributed by atoms with Crippen molar-refractivity contribution in [2.45, 2.75) is 20.0 Å². The Bertz CT molecular complexity index is 597. The molecule has 7 nitrogen and oxygen atoms in total. The van der Waals surface area contributed by atoms with Crippen LogP contribution in [-0.4, -0.2) is 39.3 Å². The number of aromatic nitrogens is 3. The first-order valence-corrected chi connectivity index (χ1v) is 6.74. The van der Waals surface area contributed by atoms with E-state index >= 15 is 0 Å². The molecule has 0 atom stereocenters. The van der Waals surface area contributed by atoms with Crippen molar-refractivity contribution >= 4 is 11.7 Å². The molecule has 7 heteroatoms. The minimum atomic E-state index is -0.338. The van der Waals surface area contributed by atoms with E-state index in [4.69, 9.17) is 9.84 Å². The van der Waals surface area contributed by atoms with Crippen LogP contribution in [0.4, 0.5) is 5.69 Å². The highest BCUT2D eigenvalue weighted by Gasteiger charge is 2.07. The van der Waals surface area contributed by atoms with Crippen LogP contribution < -0.4 is 5.32 Å². The third-order valence-electron chi connectivity index (χ3n) is 2.76. The van der Waals surface area contributed by atoms with Gasteiger partial charge in [0.1, 0.15) is 5.69 Å². The predicted octanol–water partition coefficient (Wildman–Crippen LogP) is 1.06. The van der Waals surface area contributed by atoms with Crippen molar-refractivity contribution < 1.29 is 14.6 Å². The lowest BCUT2D eigenvalue weighted by Crippen LogP contribution is -2.06. The Balaban J connectivity index is 1.96. The summed E-state index contributed by atoms with van der Waals surface area (Å²) >= 11 is 0. The molecule has 1 aromatic heterocycles. The highest BCUT2D eigenvalue weighted by atomic mass is 16.5. The summed E-state index contributed by atoms with van der Waals surface area (Å²) in [6, 6.07) is 7.09. The minimum Gasteiger partial charge on any atom is -0.462 e. The van der Waals surface area contributed by atoms with Gasteiger partial charge in [0, 0.05) is 5.69 Å². The monoisotopic (exact) mass is 290 g/mol. The molecule has 1 aromatic carbocycles. The number of hydrogen-bond donors (Lipinski definition) is 2. The number of rotatable bonds is 7. The molecule has 1 heterocycles. The number of anilines is 1. The molecule has 0 aliphatic heterocycles. The number of nitrogens with one attached hydrogen (secondary N) is 1. The van der Waals surface area contributed by atoms with Crippen LogP contribution in [0.1, 0.15) is 23.0 Å². The topological polar surface area (TPSA) is 89.3 Å². The van der Waals surface area contributed by atoms with Gasteiger partial charge >= 0.3 is 5.97 Å². The number of esters is 1. The van der Waals surface area contributed by atoms with Crippen molar-refractivity contribution in [3.8, 4) is 0 Å². The van der Waals surface area contributed by atoms with Gasteiger partial charge in [-0.05, 0) is 25.1 Å². The van der Waals surface area contributed by atoms with E-state index in [2.05, 4.69) is 15.6 Å². The lowest BCUT2D eigenvalue weighted by Gasteiger charge is -2.06. The SMILES string of the molecule is CCOC(=O)c1cccc(NCc2cn(CCO)nn2)c1. The molecule has 0 saturated heterocycles. The van der Waals surface area contributed by atoms with Gasteiger partial charge in [0.25, 0.3) is 0 Å². The summed E-state index contributed by atoms with van der Waals surface area (Å²) in [5.41, 5.74) is 2.06. The highest BCUT2D eigenvalue weighted by molar-refractivity contribution is 5.90. The fourth-order valence-corrected chi connectivity index (χ4v) is 1.79. The molecule has 0 saturated carbocycles. The second-order valence-corrected chi connectivity index (χ2v) is 4.35. The molecular formula is C14H18N4O3. The van der Waals surface area contributed by atoms with Crippen molar-refractivity contribution in [3.63, 3.8) is 0 Å². The molecule has 112 valence electrons. The van der Waals surface area contributed by atoms with Gasteiger partial charge in [-0.15, -0.1) is 5.10 Å². The zero-order valence-electron chi connectivity index (χ0n) is 11.8. The van der Waals surface area contributed by atoms with E-state index in [1.54, 1.807) is 36.0 Å². The average Bonchev–Trinajstić information content (AvgIpc) is 2.94. The van der Waals surface area contributed by atoms with Crippen molar-refractivity contribution in [1.82, 2.24) is 15.0 Å². The second-order valence-electron chi connectivity index (χ2n) is 4.35. The summed E-state index contributed by atoms with van der Waals surface area (Å²) in [4.78, 5) is 11.6. The Kier molecular flexibility index (Phi) is 5.28. The Morgan fingerprint density at radius 1 is 1.48 bits per heavy atom. The molecule has 2 aromatic rings. The van der Waals surface area contributed by atoms with E-state index in [1.807, 2.05) is 6.07 Å². The van der Waals surface area contributed by atoms with E-state index in [1.165, 1.54) is 0 Å². The summed E-state index contributed by atoms with van der Waals surface area (Å²) in [6.07, 6.45) is 1.76. The summed E-state index contributed by atoms with van der Waals surface area (Å²) in [7, 11) is 0. The fraction of sp³-hybridized carbons (Fsp3) is 0.357. The molecular weight excluding hydrogens is 272 g/mol. The Morgan fingerprint density at radius 2 is 2.33 bits per heavy atom. The smallest absolute Gasteiger partial charge is 0.338 e. The number of carbonyl (C=O) groups is 1. The van der Waals surface area contributed by atoms with Crippen LogP contribution in [0.3, 0.4) is 0 Å². The average molecular weight is 290 g/mol. The first-order chi connectivity index (χ1) is 10.2. The zero-order chi connectivity index (χ0) is 15.1. The third kappa shape index (κ3) is 4.28. The van der Waals surface area contributed by atoms with Crippen LogP contribution in [-0.2, 0) is 17.8 Å². The van der Waals surface area contributed by atoms with E-state index in [-0.39, 0.29) is 12.6 Å². The quantitative estimate of drug-likeness (QED) is 0.741. The lowest BCUT2D eigenvalue weighted by molar-refractivity contribution is 0.0526. The molecule has 0 aliphatic rings. The Labute approximate surface area is 122 Å². The maximum absolute atomic E-state index is 11.6. The Morgan fingerprint density at radius 3 is 3.10 bits per heavy atom. The molecule has 0 unspecified atom stereocenters. The Hall–Kier alpha value is -2.41. The van der Waals surface area contributed by atoms with Gasteiger partial charge in [0.15, 0.2) is 0 Å². The number of benzene rings is 1. The highest BCUT2D eigenvalue weighted by Crippen LogP contribution is 2.12. The number of nitrogens with zero attached hydrogens (tertiary/aromatic N) is 3. The van der Waals surface area contributed by atoms with Crippen LogP contribution in [0.25, 0.3) is 0 Å². The zero-order valence-corrected chi connectivity index (χ0v) is 11.8. The number of carbonyl (C=O) groups excluding carboxylic acids is 1. The van der Waals surface area contributed by atoms with Crippen LogP contribution in [0.2, 0.25) is 0 Å². The van der Waals surface area contributed by atoms with Gasteiger partial charge in [-0.2, -0.15) is 0 Å². The van der Waals surface area contributed by atoms with Crippen molar-refractivity contribution in [1.29, 1.82) is 0 Å². The lowest BCUT2D eigenvalue weighted by atomic mass is 10.2. The first-order valence-electron chi connectivity index (χ1n) is 6.74. The maximum atomic E-state index is 11.6. The van der Waals surface area contributed by atoms with Crippen molar-refractivity contribution in [2.75, 3.05) is 18.5 Å². The summed E-state index contributed by atoms with van der Waals surface area (Å²) in [5, 5.41) is 19.8. The number of aliphatic hydroxyl groups is 1. The van der Waals surface area contributed by atoms with Gasteiger partial charge < -0.3 is 15.2 Å². The molecule has 0 bridgehead atoms.